The highest BCUT2D eigenvalue weighted by Crippen LogP contribution is 2.34. The Bertz CT molecular complexity index is 620. The van der Waals surface area contributed by atoms with Gasteiger partial charge in [-0.3, -0.25) is 4.79 Å². The molecule has 3 heterocycles. The molecule has 4 rings (SSSR count). The van der Waals surface area contributed by atoms with E-state index in [0.29, 0.717) is 11.9 Å². The number of hydrogen-bond donors (Lipinski definition) is 1. The van der Waals surface area contributed by atoms with E-state index in [0.717, 1.165) is 44.5 Å². The van der Waals surface area contributed by atoms with Crippen molar-refractivity contribution in [3.63, 3.8) is 0 Å². The van der Waals surface area contributed by atoms with E-state index in [1.165, 1.54) is 19.2 Å². The third-order valence-electron chi connectivity index (χ3n) is 5.67. The molecule has 7 nitrogen and oxygen atoms in total. The Morgan fingerprint density at radius 2 is 2.08 bits per heavy atom. The van der Waals surface area contributed by atoms with Crippen LogP contribution < -0.4 is 15.0 Å². The highest BCUT2D eigenvalue weighted by atomic mass is 16.5. The minimum Gasteiger partial charge on any atom is -0.481 e. The quantitative estimate of drug-likeness (QED) is 0.894. The van der Waals surface area contributed by atoms with Crippen molar-refractivity contribution >= 4 is 11.7 Å². The SMILES string of the molecule is COc1cc(N2CC[C@H]3O[C@@H](C(=O)NC4CCCC4)CC[C@H]32)ncn1. The first-order valence-corrected chi connectivity index (χ1v) is 9.33. The second-order valence-corrected chi connectivity index (χ2v) is 7.20. The number of carbonyl (C=O) groups excluding carboxylic acids is 1. The Kier molecular flexibility index (Phi) is 4.74. The third-order valence-corrected chi connectivity index (χ3v) is 5.67. The van der Waals surface area contributed by atoms with Crippen molar-refractivity contribution in [2.75, 3.05) is 18.6 Å². The minimum absolute atomic E-state index is 0.0764. The van der Waals surface area contributed by atoms with Crippen LogP contribution in [0.1, 0.15) is 44.9 Å². The van der Waals surface area contributed by atoms with E-state index in [9.17, 15) is 4.79 Å². The summed E-state index contributed by atoms with van der Waals surface area (Å²) in [6, 6.07) is 2.49. The molecule has 0 unspecified atom stereocenters. The van der Waals surface area contributed by atoms with Gasteiger partial charge in [0.2, 0.25) is 11.8 Å². The first-order chi connectivity index (χ1) is 12.2. The molecule has 136 valence electrons. The van der Waals surface area contributed by atoms with E-state index in [-0.39, 0.29) is 24.2 Å². The van der Waals surface area contributed by atoms with Crippen molar-refractivity contribution in [2.24, 2.45) is 0 Å². The molecule has 25 heavy (non-hydrogen) atoms. The van der Waals surface area contributed by atoms with Gasteiger partial charge in [-0.2, -0.15) is 0 Å². The molecule has 3 fully saturated rings. The number of rotatable bonds is 4. The third kappa shape index (κ3) is 3.42. The van der Waals surface area contributed by atoms with Gasteiger partial charge < -0.3 is 19.7 Å². The van der Waals surface area contributed by atoms with Crippen LogP contribution in [0.4, 0.5) is 5.82 Å². The Labute approximate surface area is 148 Å². The number of fused-ring (bicyclic) bond motifs is 1. The van der Waals surface area contributed by atoms with Crippen LogP contribution in [0, 0.1) is 0 Å². The van der Waals surface area contributed by atoms with Gasteiger partial charge in [0.05, 0.1) is 19.3 Å². The lowest BCUT2D eigenvalue weighted by atomic mass is 9.98. The molecule has 1 aromatic rings. The van der Waals surface area contributed by atoms with Gasteiger partial charge in [0, 0.05) is 18.7 Å². The molecule has 1 saturated carbocycles. The summed E-state index contributed by atoms with van der Waals surface area (Å²) < 4.78 is 11.4. The maximum Gasteiger partial charge on any atom is 0.249 e. The molecule has 1 amide bonds. The van der Waals surface area contributed by atoms with Gasteiger partial charge in [-0.15, -0.1) is 0 Å². The summed E-state index contributed by atoms with van der Waals surface area (Å²) in [7, 11) is 1.61. The molecule has 3 aliphatic rings. The van der Waals surface area contributed by atoms with Crippen molar-refractivity contribution in [1.29, 1.82) is 0 Å². The summed E-state index contributed by atoms with van der Waals surface area (Å²) in [5, 5.41) is 3.17. The van der Waals surface area contributed by atoms with Crippen LogP contribution in [-0.4, -0.2) is 53.8 Å². The van der Waals surface area contributed by atoms with E-state index in [2.05, 4.69) is 20.2 Å². The molecule has 1 aliphatic carbocycles. The minimum atomic E-state index is -0.304. The number of methoxy groups -OCH3 is 1. The fraction of sp³-hybridized carbons (Fsp3) is 0.722. The van der Waals surface area contributed by atoms with Crippen LogP contribution in [0.5, 0.6) is 5.88 Å². The maximum absolute atomic E-state index is 12.5. The van der Waals surface area contributed by atoms with Gasteiger partial charge in [-0.1, -0.05) is 12.8 Å². The van der Waals surface area contributed by atoms with Crippen molar-refractivity contribution in [2.45, 2.75) is 69.2 Å². The normalized spacial score (nSPS) is 29.5. The van der Waals surface area contributed by atoms with Gasteiger partial charge >= 0.3 is 0 Å². The fourth-order valence-corrected chi connectivity index (χ4v) is 4.37. The zero-order chi connectivity index (χ0) is 17.2. The van der Waals surface area contributed by atoms with E-state index >= 15 is 0 Å². The monoisotopic (exact) mass is 346 g/mol. The number of nitrogens with zero attached hydrogens (tertiary/aromatic N) is 3. The summed E-state index contributed by atoms with van der Waals surface area (Å²) in [5.74, 6) is 1.52. The lowest BCUT2D eigenvalue weighted by molar-refractivity contribution is -0.142. The maximum atomic E-state index is 12.5. The first-order valence-electron chi connectivity index (χ1n) is 9.33. The zero-order valence-corrected chi connectivity index (χ0v) is 14.7. The summed E-state index contributed by atoms with van der Waals surface area (Å²) in [4.78, 5) is 23.2. The van der Waals surface area contributed by atoms with Gasteiger partial charge in [-0.05, 0) is 32.1 Å². The molecule has 0 spiro atoms. The molecule has 0 bridgehead atoms. The highest BCUT2D eigenvalue weighted by molar-refractivity contribution is 5.81. The highest BCUT2D eigenvalue weighted by Gasteiger charge is 2.42. The zero-order valence-electron chi connectivity index (χ0n) is 14.7. The van der Waals surface area contributed by atoms with Crippen molar-refractivity contribution < 1.29 is 14.3 Å². The summed E-state index contributed by atoms with van der Waals surface area (Å²) in [6.45, 7) is 0.881. The predicted octanol–water partition coefficient (Wildman–Crippen LogP) is 1.67. The van der Waals surface area contributed by atoms with Crippen LogP contribution in [0.15, 0.2) is 12.4 Å². The number of ether oxygens (including phenoxy) is 2. The predicted molar refractivity (Wildman–Crippen MR) is 92.6 cm³/mol. The van der Waals surface area contributed by atoms with Crippen LogP contribution in [0.2, 0.25) is 0 Å². The number of amides is 1. The fourth-order valence-electron chi connectivity index (χ4n) is 4.37. The molecule has 1 N–H and O–H groups in total. The molecule has 2 aliphatic heterocycles. The largest absolute Gasteiger partial charge is 0.481 e. The Morgan fingerprint density at radius 1 is 1.24 bits per heavy atom. The molecular formula is C18H26N4O3. The van der Waals surface area contributed by atoms with E-state index in [4.69, 9.17) is 9.47 Å². The summed E-state index contributed by atoms with van der Waals surface area (Å²) >= 11 is 0. The topological polar surface area (TPSA) is 76.6 Å². The summed E-state index contributed by atoms with van der Waals surface area (Å²) in [5.41, 5.74) is 0. The van der Waals surface area contributed by atoms with Crippen LogP contribution in [0.3, 0.4) is 0 Å². The van der Waals surface area contributed by atoms with E-state index in [1.807, 2.05) is 6.07 Å². The Morgan fingerprint density at radius 3 is 2.88 bits per heavy atom. The average molecular weight is 346 g/mol. The summed E-state index contributed by atoms with van der Waals surface area (Å²) in [6.07, 6.45) is 8.60. The first kappa shape index (κ1) is 16.6. The standard InChI is InChI=1S/C18H26N4O3/c1-24-17-10-16(19-11-20-17)22-9-8-14-13(22)6-7-15(25-14)18(23)21-12-4-2-3-5-12/h10-15H,2-9H2,1H3,(H,21,23)/t13-,14-,15-/m1/s1. The van der Waals surface area contributed by atoms with Crippen LogP contribution in [0.25, 0.3) is 0 Å². The lowest BCUT2D eigenvalue weighted by Crippen LogP contribution is -2.49. The van der Waals surface area contributed by atoms with Crippen LogP contribution >= 0.6 is 0 Å². The van der Waals surface area contributed by atoms with Crippen LogP contribution in [-0.2, 0) is 9.53 Å². The molecule has 2 saturated heterocycles. The molecule has 0 aromatic carbocycles. The molecule has 3 atom stereocenters. The van der Waals surface area contributed by atoms with Gasteiger partial charge in [-0.25, -0.2) is 9.97 Å². The Balaban J connectivity index is 1.38. The van der Waals surface area contributed by atoms with E-state index < -0.39 is 0 Å². The van der Waals surface area contributed by atoms with Crippen molar-refractivity contribution in [1.82, 2.24) is 15.3 Å². The average Bonchev–Trinajstić information content (AvgIpc) is 3.30. The van der Waals surface area contributed by atoms with Gasteiger partial charge in [0.15, 0.2) is 0 Å². The number of carbonyl (C=O) groups is 1. The van der Waals surface area contributed by atoms with E-state index in [1.54, 1.807) is 7.11 Å². The second kappa shape index (κ2) is 7.15. The molecule has 1 aromatic heterocycles. The smallest absolute Gasteiger partial charge is 0.249 e. The number of hydrogen-bond acceptors (Lipinski definition) is 6. The van der Waals surface area contributed by atoms with Gasteiger partial charge in [0.1, 0.15) is 18.2 Å². The molecule has 0 radical (unpaired) electrons. The second-order valence-electron chi connectivity index (χ2n) is 7.20. The van der Waals surface area contributed by atoms with Crippen molar-refractivity contribution in [3.05, 3.63) is 12.4 Å². The number of aromatic nitrogens is 2. The molecular weight excluding hydrogens is 320 g/mol. The van der Waals surface area contributed by atoms with Gasteiger partial charge in [0.25, 0.3) is 0 Å². The number of nitrogens with one attached hydrogen (secondary N) is 1. The van der Waals surface area contributed by atoms with Crippen molar-refractivity contribution in [3.8, 4) is 5.88 Å². The molecule has 7 heteroatoms. The Hall–Kier alpha value is -1.89. The lowest BCUT2D eigenvalue weighted by Gasteiger charge is -2.36. The number of anilines is 1.